The standard InChI is InChI=1S/C23H21ClN2O.C2HF3O2/c1-15-4-3-5-22(25-15)18-7-9-20-14-26(16(2)27)23-11-10-21(24)13-19(23)8-6-17(20)12-18;3-2(4,5)1(6)7/h3-5,7,9-13H,6,8,14H2,1-2H3;(H,6,7). The van der Waals surface area contributed by atoms with E-state index >= 15 is 0 Å². The highest BCUT2D eigenvalue weighted by atomic mass is 35.5. The highest BCUT2D eigenvalue weighted by molar-refractivity contribution is 6.30. The first-order valence-electron chi connectivity index (χ1n) is 10.4. The third kappa shape index (κ3) is 6.14. The Balaban J connectivity index is 0.000000406. The molecule has 178 valence electrons. The topological polar surface area (TPSA) is 70.5 Å². The quantitative estimate of drug-likeness (QED) is 0.454. The maximum absolute atomic E-state index is 12.3. The van der Waals surface area contributed by atoms with Crippen molar-refractivity contribution in [3.8, 4) is 11.3 Å². The molecule has 0 spiro atoms. The van der Waals surface area contributed by atoms with Crippen LogP contribution in [0.5, 0.6) is 0 Å². The van der Waals surface area contributed by atoms with E-state index in [0.29, 0.717) is 11.6 Å². The molecule has 5 nitrogen and oxygen atoms in total. The van der Waals surface area contributed by atoms with Gasteiger partial charge >= 0.3 is 12.1 Å². The summed E-state index contributed by atoms with van der Waals surface area (Å²) in [6.07, 6.45) is -3.33. The lowest BCUT2D eigenvalue weighted by atomic mass is 9.93. The first-order chi connectivity index (χ1) is 16.0. The van der Waals surface area contributed by atoms with E-state index in [2.05, 4.69) is 23.2 Å². The second kappa shape index (κ2) is 10.3. The lowest BCUT2D eigenvalue weighted by Crippen LogP contribution is -2.30. The fourth-order valence-electron chi connectivity index (χ4n) is 3.70. The van der Waals surface area contributed by atoms with Gasteiger partial charge in [0.15, 0.2) is 0 Å². The predicted molar refractivity (Wildman–Crippen MR) is 124 cm³/mol. The van der Waals surface area contributed by atoms with Crippen molar-refractivity contribution < 1.29 is 27.9 Å². The maximum atomic E-state index is 12.3. The first-order valence-corrected chi connectivity index (χ1v) is 10.8. The molecule has 0 saturated carbocycles. The van der Waals surface area contributed by atoms with Gasteiger partial charge in [0.2, 0.25) is 5.91 Å². The monoisotopic (exact) mass is 490 g/mol. The molecule has 4 rings (SSSR count). The zero-order chi connectivity index (χ0) is 25.0. The van der Waals surface area contributed by atoms with Gasteiger partial charge in [-0.25, -0.2) is 4.79 Å². The van der Waals surface area contributed by atoms with Gasteiger partial charge in [-0.3, -0.25) is 9.78 Å². The molecule has 0 radical (unpaired) electrons. The number of aliphatic carboxylic acids is 1. The number of aryl methyl sites for hydroxylation is 3. The minimum Gasteiger partial charge on any atom is -0.475 e. The Morgan fingerprint density at radius 3 is 2.29 bits per heavy atom. The van der Waals surface area contributed by atoms with Gasteiger partial charge in [0.1, 0.15) is 0 Å². The number of amides is 1. The average Bonchev–Trinajstić information content (AvgIpc) is 2.75. The average molecular weight is 491 g/mol. The van der Waals surface area contributed by atoms with Crippen LogP contribution in [0, 0.1) is 6.92 Å². The highest BCUT2D eigenvalue weighted by Crippen LogP contribution is 2.32. The maximum Gasteiger partial charge on any atom is 0.490 e. The second-order valence-electron chi connectivity index (χ2n) is 7.83. The van der Waals surface area contributed by atoms with Gasteiger partial charge in [0, 0.05) is 28.9 Å². The van der Waals surface area contributed by atoms with Gasteiger partial charge in [0.25, 0.3) is 0 Å². The Labute approximate surface area is 199 Å². The number of carboxylic acids is 1. The minimum absolute atomic E-state index is 0.0378. The molecule has 34 heavy (non-hydrogen) atoms. The number of carbonyl (C=O) groups is 2. The fourth-order valence-corrected chi connectivity index (χ4v) is 3.89. The van der Waals surface area contributed by atoms with Crippen molar-refractivity contribution in [1.29, 1.82) is 0 Å². The Morgan fingerprint density at radius 1 is 1.00 bits per heavy atom. The molecule has 2 aromatic carbocycles. The van der Waals surface area contributed by atoms with Crippen molar-refractivity contribution in [3.63, 3.8) is 0 Å². The Bertz CT molecular complexity index is 1230. The summed E-state index contributed by atoms with van der Waals surface area (Å²) in [7, 11) is 0. The summed E-state index contributed by atoms with van der Waals surface area (Å²) in [4.78, 5) is 27.7. The third-order valence-electron chi connectivity index (χ3n) is 5.34. The van der Waals surface area contributed by atoms with E-state index in [4.69, 9.17) is 21.5 Å². The SMILES string of the molecule is CC(=O)N1Cc2ccc(-c3cccc(C)n3)cc2CCc2cc(Cl)ccc21.O=C(O)C(F)(F)F. The number of aromatic nitrogens is 1. The van der Waals surface area contributed by atoms with Crippen LogP contribution in [-0.4, -0.2) is 28.1 Å². The fraction of sp³-hybridized carbons (Fsp3) is 0.240. The van der Waals surface area contributed by atoms with Crippen LogP contribution < -0.4 is 4.90 Å². The first kappa shape index (κ1) is 25.2. The molecule has 3 aromatic rings. The molecular formula is C25H22ClF3N2O3. The molecule has 0 atom stereocenters. The zero-order valence-electron chi connectivity index (χ0n) is 18.5. The van der Waals surface area contributed by atoms with Crippen LogP contribution in [0.15, 0.2) is 54.6 Å². The van der Waals surface area contributed by atoms with E-state index in [1.807, 2.05) is 48.2 Å². The molecule has 0 saturated heterocycles. The lowest BCUT2D eigenvalue weighted by Gasteiger charge is -2.28. The number of hydrogen-bond acceptors (Lipinski definition) is 3. The summed E-state index contributed by atoms with van der Waals surface area (Å²) in [5.41, 5.74) is 7.61. The summed E-state index contributed by atoms with van der Waals surface area (Å²) in [5.74, 6) is -2.72. The number of pyridine rings is 1. The second-order valence-corrected chi connectivity index (χ2v) is 8.27. The molecule has 9 heteroatoms. The number of alkyl halides is 3. The van der Waals surface area contributed by atoms with Crippen LogP contribution in [0.3, 0.4) is 0 Å². The predicted octanol–water partition coefficient (Wildman–Crippen LogP) is 6.00. The number of benzene rings is 2. The van der Waals surface area contributed by atoms with Crippen LogP contribution in [0.2, 0.25) is 5.02 Å². The largest absolute Gasteiger partial charge is 0.490 e. The van der Waals surface area contributed by atoms with Gasteiger partial charge in [0.05, 0.1) is 12.2 Å². The van der Waals surface area contributed by atoms with E-state index in [-0.39, 0.29) is 5.91 Å². The zero-order valence-corrected chi connectivity index (χ0v) is 19.2. The van der Waals surface area contributed by atoms with Crippen LogP contribution in [0.25, 0.3) is 11.3 Å². The molecule has 2 heterocycles. The Kier molecular flexibility index (Phi) is 7.61. The molecule has 0 bridgehead atoms. The smallest absolute Gasteiger partial charge is 0.475 e. The van der Waals surface area contributed by atoms with Crippen LogP contribution in [0.4, 0.5) is 18.9 Å². The summed E-state index contributed by atoms with van der Waals surface area (Å²) in [6, 6.07) is 18.3. The van der Waals surface area contributed by atoms with Crippen LogP contribution >= 0.6 is 11.6 Å². The number of fused-ring (bicyclic) bond motifs is 2. The van der Waals surface area contributed by atoms with Gasteiger partial charge in [-0.1, -0.05) is 29.8 Å². The Hall–Kier alpha value is -3.39. The molecule has 0 fully saturated rings. The molecule has 0 unspecified atom stereocenters. The van der Waals surface area contributed by atoms with E-state index < -0.39 is 12.1 Å². The number of anilines is 1. The molecule has 1 aliphatic heterocycles. The summed E-state index contributed by atoms with van der Waals surface area (Å²) in [6.45, 7) is 4.19. The number of carbonyl (C=O) groups excluding carboxylic acids is 1. The summed E-state index contributed by atoms with van der Waals surface area (Å²) in [5, 5.41) is 7.83. The molecule has 1 aromatic heterocycles. The molecule has 1 aliphatic rings. The van der Waals surface area contributed by atoms with Gasteiger partial charge in [-0.2, -0.15) is 13.2 Å². The van der Waals surface area contributed by atoms with Gasteiger partial charge in [-0.15, -0.1) is 0 Å². The number of hydrogen-bond donors (Lipinski definition) is 1. The van der Waals surface area contributed by atoms with E-state index in [1.54, 1.807) is 6.92 Å². The van der Waals surface area contributed by atoms with Crippen molar-refractivity contribution in [2.45, 2.75) is 39.4 Å². The molecule has 0 aliphatic carbocycles. The van der Waals surface area contributed by atoms with Crippen molar-refractivity contribution >= 4 is 29.2 Å². The van der Waals surface area contributed by atoms with Crippen molar-refractivity contribution in [2.75, 3.05) is 4.90 Å². The number of rotatable bonds is 1. The van der Waals surface area contributed by atoms with Gasteiger partial charge in [-0.05, 0) is 72.9 Å². The van der Waals surface area contributed by atoms with Crippen LogP contribution in [-0.2, 0) is 29.0 Å². The summed E-state index contributed by atoms with van der Waals surface area (Å²) >= 11 is 6.21. The number of nitrogens with zero attached hydrogens (tertiary/aromatic N) is 2. The van der Waals surface area contributed by atoms with Crippen molar-refractivity contribution in [2.24, 2.45) is 0 Å². The number of carboxylic acid groups (broad SMARTS) is 1. The summed E-state index contributed by atoms with van der Waals surface area (Å²) < 4.78 is 31.7. The van der Waals surface area contributed by atoms with E-state index in [9.17, 15) is 18.0 Å². The Morgan fingerprint density at radius 2 is 1.68 bits per heavy atom. The van der Waals surface area contributed by atoms with Crippen LogP contribution in [0.1, 0.15) is 29.3 Å². The third-order valence-corrected chi connectivity index (χ3v) is 5.57. The lowest BCUT2D eigenvalue weighted by molar-refractivity contribution is -0.192. The van der Waals surface area contributed by atoms with E-state index in [1.165, 1.54) is 11.1 Å². The molecule has 1 amide bonds. The van der Waals surface area contributed by atoms with E-state index in [0.717, 1.165) is 41.0 Å². The molecular weight excluding hydrogens is 469 g/mol. The van der Waals surface area contributed by atoms with Crippen molar-refractivity contribution in [1.82, 2.24) is 4.98 Å². The van der Waals surface area contributed by atoms with Gasteiger partial charge < -0.3 is 10.0 Å². The normalized spacial score (nSPS) is 12.9. The number of halogens is 4. The van der Waals surface area contributed by atoms with Crippen molar-refractivity contribution in [3.05, 3.63) is 82.0 Å². The molecule has 1 N–H and O–H groups in total. The minimum atomic E-state index is -5.08. The highest BCUT2D eigenvalue weighted by Gasteiger charge is 2.38.